The molecule has 21 heavy (non-hydrogen) atoms. The van der Waals surface area contributed by atoms with Crippen LogP contribution in [0.25, 0.3) is 10.9 Å². The summed E-state index contributed by atoms with van der Waals surface area (Å²) in [5, 5.41) is 5.88. The number of nitrogens with zero attached hydrogens (tertiary/aromatic N) is 1. The molecule has 0 aliphatic heterocycles. The van der Waals surface area contributed by atoms with Crippen LogP contribution in [0.15, 0.2) is 42.5 Å². The van der Waals surface area contributed by atoms with Crippen LogP contribution in [0.3, 0.4) is 0 Å². The standard InChI is InChI=1S/C15H8Cl4N2/c16-8-1-4-10(5-2-8)20-14-11-7-9(17)3-6-12(11)21-15(19)13(14)18/h1-7H,(H,20,21). The highest BCUT2D eigenvalue weighted by atomic mass is 35.5. The van der Waals surface area contributed by atoms with Gasteiger partial charge in [-0.2, -0.15) is 0 Å². The smallest absolute Gasteiger partial charge is 0.150 e. The average Bonchev–Trinajstić information content (AvgIpc) is 2.47. The molecule has 0 fully saturated rings. The number of halogens is 4. The second-order valence-electron chi connectivity index (χ2n) is 4.38. The Morgan fingerprint density at radius 3 is 2.19 bits per heavy atom. The largest absolute Gasteiger partial charge is 0.354 e. The SMILES string of the molecule is Clc1ccc(Nc2c(Cl)c(Cl)nc3ccc(Cl)cc23)cc1. The minimum absolute atomic E-state index is 0.239. The lowest BCUT2D eigenvalue weighted by atomic mass is 10.1. The predicted molar refractivity (Wildman–Crippen MR) is 91.5 cm³/mol. The Kier molecular flexibility index (Phi) is 4.14. The maximum absolute atomic E-state index is 6.28. The molecular formula is C15H8Cl4N2. The van der Waals surface area contributed by atoms with Crippen LogP contribution < -0.4 is 5.32 Å². The molecule has 1 N–H and O–H groups in total. The van der Waals surface area contributed by atoms with Crippen LogP contribution >= 0.6 is 46.4 Å². The summed E-state index contributed by atoms with van der Waals surface area (Å²) >= 11 is 24.3. The summed E-state index contributed by atoms with van der Waals surface area (Å²) in [6.45, 7) is 0. The Bertz CT molecular complexity index is 816. The van der Waals surface area contributed by atoms with Crippen LogP contribution in [0.4, 0.5) is 11.4 Å². The summed E-state index contributed by atoms with van der Waals surface area (Å²) in [6.07, 6.45) is 0. The lowest BCUT2D eigenvalue weighted by molar-refractivity contribution is 1.40. The second kappa shape index (κ2) is 5.90. The molecule has 6 heteroatoms. The van der Waals surface area contributed by atoms with Crippen molar-refractivity contribution in [2.75, 3.05) is 5.32 Å². The van der Waals surface area contributed by atoms with Crippen LogP contribution in [0.5, 0.6) is 0 Å². The van der Waals surface area contributed by atoms with Crippen molar-refractivity contribution < 1.29 is 0 Å². The monoisotopic (exact) mass is 356 g/mol. The molecule has 3 rings (SSSR count). The molecule has 0 unspecified atom stereocenters. The predicted octanol–water partition coefficient (Wildman–Crippen LogP) is 6.59. The van der Waals surface area contributed by atoms with E-state index in [1.807, 2.05) is 12.1 Å². The van der Waals surface area contributed by atoms with E-state index in [4.69, 9.17) is 46.4 Å². The highest BCUT2D eigenvalue weighted by molar-refractivity contribution is 6.44. The Morgan fingerprint density at radius 2 is 1.48 bits per heavy atom. The first-order chi connectivity index (χ1) is 10.0. The third-order valence-electron chi connectivity index (χ3n) is 2.96. The van der Waals surface area contributed by atoms with Crippen molar-refractivity contribution in [3.63, 3.8) is 0 Å². The van der Waals surface area contributed by atoms with Gasteiger partial charge in [-0.25, -0.2) is 4.98 Å². The average molecular weight is 358 g/mol. The molecule has 1 aromatic heterocycles. The molecule has 1 heterocycles. The van der Waals surface area contributed by atoms with Crippen LogP contribution in [-0.4, -0.2) is 4.98 Å². The molecule has 0 saturated carbocycles. The van der Waals surface area contributed by atoms with E-state index in [-0.39, 0.29) is 5.15 Å². The number of fused-ring (bicyclic) bond motifs is 1. The van der Waals surface area contributed by atoms with Crippen LogP contribution in [0.2, 0.25) is 20.2 Å². The molecule has 0 atom stereocenters. The van der Waals surface area contributed by atoms with Gasteiger partial charge in [0, 0.05) is 21.1 Å². The third-order valence-corrected chi connectivity index (χ3v) is 4.19. The van der Waals surface area contributed by atoms with Crippen molar-refractivity contribution in [1.82, 2.24) is 4.98 Å². The maximum Gasteiger partial charge on any atom is 0.150 e. The number of benzene rings is 2. The van der Waals surface area contributed by atoms with Crippen molar-refractivity contribution in [2.45, 2.75) is 0 Å². The molecule has 0 amide bonds. The van der Waals surface area contributed by atoms with Gasteiger partial charge in [-0.1, -0.05) is 46.4 Å². The number of nitrogens with one attached hydrogen (secondary N) is 1. The molecule has 0 aliphatic carbocycles. The first-order valence-electron chi connectivity index (χ1n) is 6.01. The van der Waals surface area contributed by atoms with Gasteiger partial charge < -0.3 is 5.32 Å². The van der Waals surface area contributed by atoms with Crippen molar-refractivity contribution in [3.8, 4) is 0 Å². The normalized spacial score (nSPS) is 10.9. The van der Waals surface area contributed by atoms with E-state index in [1.165, 1.54) is 0 Å². The fraction of sp³-hybridized carbons (Fsp3) is 0. The Morgan fingerprint density at radius 1 is 0.810 bits per heavy atom. The van der Waals surface area contributed by atoms with Crippen molar-refractivity contribution in [3.05, 3.63) is 62.7 Å². The van der Waals surface area contributed by atoms with Gasteiger partial charge in [-0.05, 0) is 42.5 Å². The number of rotatable bonds is 2. The first kappa shape index (κ1) is 14.7. The van der Waals surface area contributed by atoms with E-state index < -0.39 is 0 Å². The first-order valence-corrected chi connectivity index (χ1v) is 7.52. The minimum Gasteiger partial charge on any atom is -0.354 e. The Hall–Kier alpha value is -1.19. The molecule has 2 aromatic carbocycles. The summed E-state index contributed by atoms with van der Waals surface area (Å²) in [5.41, 5.74) is 2.21. The molecular weight excluding hydrogens is 350 g/mol. The van der Waals surface area contributed by atoms with Crippen LogP contribution in [0, 0.1) is 0 Å². The molecule has 0 radical (unpaired) electrons. The van der Waals surface area contributed by atoms with E-state index in [2.05, 4.69) is 10.3 Å². The van der Waals surface area contributed by atoms with Gasteiger partial charge in [0.25, 0.3) is 0 Å². The maximum atomic E-state index is 6.28. The van der Waals surface area contributed by atoms with Crippen LogP contribution in [-0.2, 0) is 0 Å². The zero-order chi connectivity index (χ0) is 15.0. The summed E-state index contributed by atoms with van der Waals surface area (Å²) in [7, 11) is 0. The number of hydrogen-bond donors (Lipinski definition) is 1. The summed E-state index contributed by atoms with van der Waals surface area (Å²) in [5.74, 6) is 0. The molecule has 0 bridgehead atoms. The third kappa shape index (κ3) is 3.04. The Labute approximate surface area is 141 Å². The van der Waals surface area contributed by atoms with Gasteiger partial charge >= 0.3 is 0 Å². The minimum atomic E-state index is 0.239. The summed E-state index contributed by atoms with van der Waals surface area (Å²) in [6, 6.07) is 12.6. The van der Waals surface area contributed by atoms with Gasteiger partial charge in [0.05, 0.1) is 11.2 Å². The summed E-state index contributed by atoms with van der Waals surface area (Å²) < 4.78 is 0. The molecule has 0 spiro atoms. The van der Waals surface area contributed by atoms with Crippen molar-refractivity contribution in [1.29, 1.82) is 0 Å². The number of pyridine rings is 1. The fourth-order valence-electron chi connectivity index (χ4n) is 1.98. The lowest BCUT2D eigenvalue weighted by Crippen LogP contribution is -1.95. The lowest BCUT2D eigenvalue weighted by Gasteiger charge is -2.13. The van der Waals surface area contributed by atoms with Crippen LogP contribution in [0.1, 0.15) is 0 Å². The Balaban J connectivity index is 2.17. The van der Waals surface area contributed by atoms with Gasteiger partial charge in [0.2, 0.25) is 0 Å². The molecule has 0 aliphatic rings. The van der Waals surface area contributed by atoms with Gasteiger partial charge in [-0.3, -0.25) is 0 Å². The number of anilines is 2. The van der Waals surface area contributed by atoms with Crippen molar-refractivity contribution >= 4 is 68.7 Å². The van der Waals surface area contributed by atoms with E-state index in [0.29, 0.717) is 26.3 Å². The van der Waals surface area contributed by atoms with E-state index in [1.54, 1.807) is 30.3 Å². The fourth-order valence-corrected chi connectivity index (χ4v) is 2.66. The highest BCUT2D eigenvalue weighted by Gasteiger charge is 2.13. The molecule has 106 valence electrons. The van der Waals surface area contributed by atoms with Crippen molar-refractivity contribution in [2.24, 2.45) is 0 Å². The molecule has 2 nitrogen and oxygen atoms in total. The van der Waals surface area contributed by atoms with E-state index >= 15 is 0 Å². The number of hydrogen-bond acceptors (Lipinski definition) is 2. The zero-order valence-electron chi connectivity index (χ0n) is 10.5. The molecule has 0 saturated heterocycles. The quantitative estimate of drug-likeness (QED) is 0.523. The van der Waals surface area contributed by atoms with Gasteiger partial charge in [-0.15, -0.1) is 0 Å². The summed E-state index contributed by atoms with van der Waals surface area (Å²) in [4.78, 5) is 4.25. The van der Waals surface area contributed by atoms with E-state index in [9.17, 15) is 0 Å². The highest BCUT2D eigenvalue weighted by Crippen LogP contribution is 2.38. The van der Waals surface area contributed by atoms with Gasteiger partial charge in [0.1, 0.15) is 10.2 Å². The number of aromatic nitrogens is 1. The molecule has 3 aromatic rings. The second-order valence-corrected chi connectivity index (χ2v) is 5.99. The van der Waals surface area contributed by atoms with E-state index in [0.717, 1.165) is 11.1 Å². The topological polar surface area (TPSA) is 24.9 Å². The zero-order valence-corrected chi connectivity index (χ0v) is 13.5. The van der Waals surface area contributed by atoms with Gasteiger partial charge in [0.15, 0.2) is 0 Å².